The maximum Gasteiger partial charge on any atom is 0.414 e. The number of hydrogen-bond donors (Lipinski definition) is 2. The molecule has 0 radical (unpaired) electrons. The third-order valence-corrected chi connectivity index (χ3v) is 5.17. The van der Waals surface area contributed by atoms with Crippen LogP contribution in [-0.4, -0.2) is 64.4 Å². The third-order valence-electron chi connectivity index (χ3n) is 5.17. The van der Waals surface area contributed by atoms with E-state index in [9.17, 15) is 4.79 Å². The highest BCUT2D eigenvalue weighted by atomic mass is 16.6. The number of anilines is 2. The topological polar surface area (TPSA) is 115 Å². The molecule has 5 heterocycles. The van der Waals surface area contributed by atoms with Crippen molar-refractivity contribution < 1.29 is 14.3 Å². The average Bonchev–Trinajstić information content (AvgIpc) is 3.40. The zero-order valence-corrected chi connectivity index (χ0v) is 15.5. The molecule has 3 aromatic heterocycles. The number of H-pyrrole nitrogens is 1. The zero-order valence-electron chi connectivity index (χ0n) is 15.5. The molecule has 3 N–H and O–H groups in total. The van der Waals surface area contributed by atoms with E-state index in [1.54, 1.807) is 11.1 Å². The molecule has 0 spiro atoms. The number of aromatic amines is 1. The molecule has 10 nitrogen and oxygen atoms in total. The predicted octanol–water partition coefficient (Wildman–Crippen LogP) is 1.22. The highest BCUT2D eigenvalue weighted by Crippen LogP contribution is 2.35. The van der Waals surface area contributed by atoms with Gasteiger partial charge in [0, 0.05) is 30.3 Å². The number of nitrogens with one attached hydrogen (secondary N) is 1. The fraction of sp³-hybridized carbons (Fsp3) is 0.389. The summed E-state index contributed by atoms with van der Waals surface area (Å²) in [6.07, 6.45) is 3.23. The second kappa shape index (κ2) is 6.21. The van der Waals surface area contributed by atoms with Gasteiger partial charge in [-0.15, -0.1) is 0 Å². The largest absolute Gasteiger partial charge is 0.447 e. The maximum absolute atomic E-state index is 12.3. The van der Waals surface area contributed by atoms with Gasteiger partial charge in [0.05, 0.1) is 31.6 Å². The monoisotopic (exact) mass is 383 g/mol. The van der Waals surface area contributed by atoms with Crippen LogP contribution < -0.4 is 15.5 Å². The molecular weight excluding hydrogens is 362 g/mol. The van der Waals surface area contributed by atoms with E-state index in [1.807, 2.05) is 40.8 Å². The Hall–Kier alpha value is -3.11. The predicted molar refractivity (Wildman–Crippen MR) is 103 cm³/mol. The number of carbonyl (C=O) groups excluding carboxylic acids is 1. The normalized spacial score (nSPS) is 22.9. The molecule has 1 amide bonds. The summed E-state index contributed by atoms with van der Waals surface area (Å²) in [4.78, 5) is 20.8. The smallest absolute Gasteiger partial charge is 0.414 e. The lowest BCUT2D eigenvalue weighted by Crippen LogP contribution is -2.61. The summed E-state index contributed by atoms with van der Waals surface area (Å²) in [6.45, 7) is 4.35. The van der Waals surface area contributed by atoms with Crippen LogP contribution in [0, 0.1) is 0 Å². The lowest BCUT2D eigenvalue weighted by atomic mass is 10.1. The minimum Gasteiger partial charge on any atom is -0.447 e. The molecule has 2 aliphatic heterocycles. The van der Waals surface area contributed by atoms with Gasteiger partial charge in [-0.25, -0.2) is 9.78 Å². The molecule has 146 valence electrons. The number of morpholine rings is 1. The Kier molecular flexibility index (Phi) is 3.78. The number of carbonyl (C=O) groups is 1. The standard InChI is InChI=1S/C18H21N7O3/c1-18(19)11-27-8-7-25(18)15-10-13(23-6-9-28-17(23)26)12-3-5-24(16(12)21-15)14-2-4-20-22-14/h2-5,10H,6-9,11,19H2,1H3,(H,20,22)/t18-/m0/s1. The van der Waals surface area contributed by atoms with Crippen LogP contribution in [0.25, 0.3) is 16.9 Å². The summed E-state index contributed by atoms with van der Waals surface area (Å²) in [5.41, 5.74) is 7.23. The van der Waals surface area contributed by atoms with Crippen LogP contribution in [0.2, 0.25) is 0 Å². The number of amides is 1. The number of fused-ring (bicyclic) bond motifs is 1. The van der Waals surface area contributed by atoms with Crippen LogP contribution >= 0.6 is 0 Å². The highest BCUT2D eigenvalue weighted by Gasteiger charge is 2.34. The molecule has 1 atom stereocenters. The first-order chi connectivity index (χ1) is 13.5. The molecule has 2 aliphatic rings. The summed E-state index contributed by atoms with van der Waals surface area (Å²) in [5.74, 6) is 1.47. The molecule has 2 fully saturated rings. The van der Waals surface area contributed by atoms with Crippen molar-refractivity contribution in [2.45, 2.75) is 12.6 Å². The van der Waals surface area contributed by atoms with E-state index in [4.69, 9.17) is 20.2 Å². The van der Waals surface area contributed by atoms with E-state index in [0.717, 1.165) is 16.9 Å². The van der Waals surface area contributed by atoms with Crippen molar-refractivity contribution in [3.05, 3.63) is 30.6 Å². The lowest BCUT2D eigenvalue weighted by Gasteiger charge is -2.42. The Balaban J connectivity index is 1.72. The van der Waals surface area contributed by atoms with Gasteiger partial charge in [0.2, 0.25) is 0 Å². The zero-order chi connectivity index (χ0) is 19.3. The first-order valence-electron chi connectivity index (χ1n) is 9.15. The lowest BCUT2D eigenvalue weighted by molar-refractivity contribution is 0.0591. The van der Waals surface area contributed by atoms with Crippen molar-refractivity contribution in [3.8, 4) is 5.82 Å². The highest BCUT2D eigenvalue weighted by molar-refractivity contribution is 6.02. The SMILES string of the molecule is C[C@@]1(N)COCCN1c1cc(N2CCOC2=O)c2ccn(-c3ccn[nH]3)c2n1. The van der Waals surface area contributed by atoms with E-state index in [0.29, 0.717) is 44.4 Å². The van der Waals surface area contributed by atoms with E-state index in [-0.39, 0.29) is 6.09 Å². The average molecular weight is 383 g/mol. The van der Waals surface area contributed by atoms with Gasteiger partial charge in [0.1, 0.15) is 29.6 Å². The second-order valence-corrected chi connectivity index (χ2v) is 7.19. The molecule has 3 aromatic rings. The van der Waals surface area contributed by atoms with Gasteiger partial charge in [-0.05, 0) is 13.0 Å². The Labute approximate surface area is 160 Å². The molecule has 10 heteroatoms. The quantitative estimate of drug-likeness (QED) is 0.699. The molecule has 2 saturated heterocycles. The van der Waals surface area contributed by atoms with E-state index in [2.05, 4.69) is 10.2 Å². The number of nitrogens with two attached hydrogens (primary N) is 1. The van der Waals surface area contributed by atoms with Crippen LogP contribution in [0.4, 0.5) is 16.3 Å². The van der Waals surface area contributed by atoms with Crippen molar-refractivity contribution in [2.75, 3.05) is 42.7 Å². The van der Waals surface area contributed by atoms with Crippen LogP contribution in [0.3, 0.4) is 0 Å². The molecule has 5 rings (SSSR count). The maximum atomic E-state index is 12.3. The number of ether oxygens (including phenoxy) is 2. The summed E-state index contributed by atoms with van der Waals surface area (Å²) < 4.78 is 12.6. The second-order valence-electron chi connectivity index (χ2n) is 7.19. The molecule has 0 saturated carbocycles. The number of cyclic esters (lactones) is 1. The molecule has 28 heavy (non-hydrogen) atoms. The van der Waals surface area contributed by atoms with Gasteiger partial charge in [-0.1, -0.05) is 0 Å². The first kappa shape index (κ1) is 17.0. The summed E-state index contributed by atoms with van der Waals surface area (Å²) in [5, 5.41) is 7.83. The Morgan fingerprint density at radius 2 is 2.18 bits per heavy atom. The summed E-state index contributed by atoms with van der Waals surface area (Å²) in [7, 11) is 0. The van der Waals surface area contributed by atoms with Crippen molar-refractivity contribution in [1.29, 1.82) is 0 Å². The molecule has 0 bridgehead atoms. The number of rotatable bonds is 3. The van der Waals surface area contributed by atoms with Crippen molar-refractivity contribution in [3.63, 3.8) is 0 Å². The fourth-order valence-corrected chi connectivity index (χ4v) is 3.77. The Morgan fingerprint density at radius 3 is 2.89 bits per heavy atom. The van der Waals surface area contributed by atoms with E-state index < -0.39 is 5.66 Å². The van der Waals surface area contributed by atoms with Crippen LogP contribution in [-0.2, 0) is 9.47 Å². The van der Waals surface area contributed by atoms with Crippen molar-refractivity contribution in [2.24, 2.45) is 5.73 Å². The van der Waals surface area contributed by atoms with E-state index >= 15 is 0 Å². The van der Waals surface area contributed by atoms with Gasteiger partial charge in [0.25, 0.3) is 0 Å². The summed E-state index contributed by atoms with van der Waals surface area (Å²) >= 11 is 0. The van der Waals surface area contributed by atoms with Gasteiger partial charge < -0.3 is 20.1 Å². The van der Waals surface area contributed by atoms with Gasteiger partial charge in [-0.2, -0.15) is 5.10 Å². The van der Waals surface area contributed by atoms with Gasteiger partial charge >= 0.3 is 6.09 Å². The minimum absolute atomic E-state index is 0.356. The minimum atomic E-state index is -0.701. The Bertz CT molecular complexity index is 1030. The number of pyridine rings is 1. The molecular formula is C18H21N7O3. The number of nitrogens with zero attached hydrogens (tertiary/aromatic N) is 5. The van der Waals surface area contributed by atoms with Gasteiger partial charge in [-0.3, -0.25) is 14.6 Å². The number of hydrogen-bond acceptors (Lipinski definition) is 7. The number of aromatic nitrogens is 4. The molecule has 0 aliphatic carbocycles. The van der Waals surface area contributed by atoms with Crippen molar-refractivity contribution in [1.82, 2.24) is 19.7 Å². The summed E-state index contributed by atoms with van der Waals surface area (Å²) in [6, 6.07) is 5.71. The van der Waals surface area contributed by atoms with E-state index in [1.165, 1.54) is 0 Å². The van der Waals surface area contributed by atoms with Crippen molar-refractivity contribution >= 4 is 28.6 Å². The van der Waals surface area contributed by atoms with Gasteiger partial charge in [0.15, 0.2) is 0 Å². The third kappa shape index (κ3) is 2.60. The van der Waals surface area contributed by atoms with Crippen LogP contribution in [0.15, 0.2) is 30.6 Å². The fourth-order valence-electron chi connectivity index (χ4n) is 3.77. The molecule has 0 aromatic carbocycles. The van der Waals surface area contributed by atoms with Crippen LogP contribution in [0.1, 0.15) is 6.92 Å². The first-order valence-corrected chi connectivity index (χ1v) is 9.15. The van der Waals surface area contributed by atoms with Crippen LogP contribution in [0.5, 0.6) is 0 Å². The molecule has 0 unspecified atom stereocenters. The Morgan fingerprint density at radius 1 is 1.29 bits per heavy atom.